The molecule has 0 heterocycles. The predicted octanol–water partition coefficient (Wildman–Crippen LogP) is -4.57. The molecule has 28 valence electrons. The van der Waals surface area contributed by atoms with E-state index in [1.165, 1.54) is 0 Å². The summed E-state index contributed by atoms with van der Waals surface area (Å²) in [5, 5.41) is 0.194. The zero-order chi connectivity index (χ0) is 2.71. The van der Waals surface area contributed by atoms with Gasteiger partial charge in [0.2, 0.25) is 0 Å². The molecule has 0 rings (SSSR count). The number of hydrogen-bond acceptors (Lipinski definition) is 0. The average Bonchev–Trinajstić information content (AvgIpc) is 0.918. The van der Waals surface area contributed by atoms with Crippen LogP contribution >= 0.6 is 23.2 Å². The first kappa shape index (κ1) is 15.7. The summed E-state index contributed by atoms with van der Waals surface area (Å²) in [5.41, 5.74) is 0. The SMILES string of the molecule is ClCCl.[I-].[Na+]. The van der Waals surface area contributed by atoms with E-state index in [1.54, 1.807) is 0 Å². The fourth-order valence-electron chi connectivity index (χ4n) is 0. The standard InChI is InChI=1S/CH2Cl2.HI.Na/c2-1-3;;/h1H2;1H;/q;;+1/p-1. The molecular weight excluding hydrogens is 233 g/mol. The molecule has 0 saturated carbocycles. The van der Waals surface area contributed by atoms with Crippen molar-refractivity contribution in [3.63, 3.8) is 0 Å². The summed E-state index contributed by atoms with van der Waals surface area (Å²) in [6, 6.07) is 0. The monoisotopic (exact) mass is 234 g/mol. The Morgan fingerprint density at radius 2 is 1.20 bits per heavy atom. The molecule has 0 nitrogen and oxygen atoms in total. The molecule has 0 aromatic rings. The van der Waals surface area contributed by atoms with Crippen LogP contribution in [0.2, 0.25) is 0 Å². The van der Waals surface area contributed by atoms with E-state index in [0.717, 1.165) is 0 Å². The summed E-state index contributed by atoms with van der Waals surface area (Å²) in [6.45, 7) is 0. The van der Waals surface area contributed by atoms with Crippen LogP contribution in [0.3, 0.4) is 0 Å². The molecule has 0 spiro atoms. The molecule has 4 heteroatoms. The smallest absolute Gasteiger partial charge is 1.00 e. The van der Waals surface area contributed by atoms with Gasteiger partial charge in [-0.1, -0.05) is 0 Å². The summed E-state index contributed by atoms with van der Waals surface area (Å²) >= 11 is 9.53. The van der Waals surface area contributed by atoms with Gasteiger partial charge in [0.25, 0.3) is 0 Å². The molecule has 0 fully saturated rings. The van der Waals surface area contributed by atoms with Gasteiger partial charge in [-0.05, 0) is 0 Å². The van der Waals surface area contributed by atoms with Crippen LogP contribution in [-0.4, -0.2) is 5.34 Å². The minimum Gasteiger partial charge on any atom is -1.00 e. The van der Waals surface area contributed by atoms with E-state index in [9.17, 15) is 0 Å². The minimum absolute atomic E-state index is 0. The van der Waals surface area contributed by atoms with Crippen molar-refractivity contribution in [2.24, 2.45) is 0 Å². The first-order chi connectivity index (χ1) is 1.41. The Labute approximate surface area is 80.9 Å². The first-order valence-corrected chi connectivity index (χ1v) is 1.60. The molecule has 0 radical (unpaired) electrons. The van der Waals surface area contributed by atoms with E-state index in [4.69, 9.17) is 23.2 Å². The van der Waals surface area contributed by atoms with Gasteiger partial charge in [-0.25, -0.2) is 0 Å². The van der Waals surface area contributed by atoms with Crippen LogP contribution in [0.5, 0.6) is 0 Å². The van der Waals surface area contributed by atoms with Crippen LogP contribution in [0.25, 0.3) is 0 Å². The van der Waals surface area contributed by atoms with Gasteiger partial charge in [0.05, 0.1) is 5.34 Å². The molecule has 0 aliphatic rings. The topological polar surface area (TPSA) is 0 Å². The molecule has 0 amide bonds. The van der Waals surface area contributed by atoms with Gasteiger partial charge in [-0.3, -0.25) is 0 Å². The molecule has 0 N–H and O–H groups in total. The molecule has 0 aromatic carbocycles. The minimum atomic E-state index is 0. The van der Waals surface area contributed by atoms with Gasteiger partial charge in [-0.2, -0.15) is 0 Å². The third kappa shape index (κ3) is 22.0. The maximum Gasteiger partial charge on any atom is 1.00 e. The van der Waals surface area contributed by atoms with Gasteiger partial charge in [0.1, 0.15) is 0 Å². The summed E-state index contributed by atoms with van der Waals surface area (Å²) in [4.78, 5) is 0. The molecule has 5 heavy (non-hydrogen) atoms. The third-order valence-corrected chi connectivity index (χ3v) is 0. The van der Waals surface area contributed by atoms with Crippen LogP contribution in [-0.2, 0) is 0 Å². The van der Waals surface area contributed by atoms with Crippen LogP contribution < -0.4 is 53.5 Å². The van der Waals surface area contributed by atoms with Gasteiger partial charge >= 0.3 is 29.6 Å². The van der Waals surface area contributed by atoms with E-state index >= 15 is 0 Å². The van der Waals surface area contributed by atoms with Crippen molar-refractivity contribution in [3.05, 3.63) is 0 Å². The van der Waals surface area contributed by atoms with Crippen LogP contribution in [0, 0.1) is 0 Å². The summed E-state index contributed by atoms with van der Waals surface area (Å²) < 4.78 is 0. The Hall–Kier alpha value is 2.31. The molecule has 0 aliphatic carbocycles. The Balaban J connectivity index is -0.0000000200. The van der Waals surface area contributed by atoms with E-state index in [-0.39, 0.29) is 58.9 Å². The summed E-state index contributed by atoms with van der Waals surface area (Å²) in [5.74, 6) is 0. The van der Waals surface area contributed by atoms with Crippen molar-refractivity contribution in [2.45, 2.75) is 0 Å². The summed E-state index contributed by atoms with van der Waals surface area (Å²) in [7, 11) is 0. The molecule has 0 bridgehead atoms. The van der Waals surface area contributed by atoms with Gasteiger partial charge in [0.15, 0.2) is 0 Å². The third-order valence-electron chi connectivity index (χ3n) is 0. The first-order valence-electron chi connectivity index (χ1n) is 0.535. The molecule has 0 unspecified atom stereocenters. The summed E-state index contributed by atoms with van der Waals surface area (Å²) in [6.07, 6.45) is 0. The van der Waals surface area contributed by atoms with Gasteiger partial charge in [-0.15, -0.1) is 23.2 Å². The van der Waals surface area contributed by atoms with Crippen molar-refractivity contribution in [1.82, 2.24) is 0 Å². The van der Waals surface area contributed by atoms with Crippen molar-refractivity contribution >= 4 is 23.2 Å². The number of rotatable bonds is 0. The van der Waals surface area contributed by atoms with Gasteiger partial charge < -0.3 is 24.0 Å². The average molecular weight is 235 g/mol. The predicted molar refractivity (Wildman–Crippen MR) is 16.6 cm³/mol. The molecule has 0 saturated heterocycles. The second kappa shape index (κ2) is 16.2. The van der Waals surface area contributed by atoms with E-state index in [1.807, 2.05) is 0 Å². The van der Waals surface area contributed by atoms with Crippen LogP contribution in [0.4, 0.5) is 0 Å². The number of alkyl halides is 2. The largest absolute Gasteiger partial charge is 1.00 e. The van der Waals surface area contributed by atoms with Gasteiger partial charge in [0, 0.05) is 0 Å². The fraction of sp³-hybridized carbons (Fsp3) is 1.00. The van der Waals surface area contributed by atoms with E-state index in [2.05, 4.69) is 0 Å². The number of halogens is 3. The Morgan fingerprint density at radius 1 is 1.20 bits per heavy atom. The zero-order valence-electron chi connectivity index (χ0n) is 2.84. The molecule has 0 aromatic heterocycles. The van der Waals surface area contributed by atoms with E-state index in [0.29, 0.717) is 0 Å². The van der Waals surface area contributed by atoms with Crippen molar-refractivity contribution < 1.29 is 53.5 Å². The van der Waals surface area contributed by atoms with E-state index < -0.39 is 0 Å². The van der Waals surface area contributed by atoms with Crippen LogP contribution in [0.15, 0.2) is 0 Å². The Kier molecular flexibility index (Phi) is 50.9. The molecule has 0 atom stereocenters. The Morgan fingerprint density at radius 3 is 1.20 bits per heavy atom. The maximum absolute atomic E-state index is 4.76. The molecular formula is CH2Cl2INa. The fourth-order valence-corrected chi connectivity index (χ4v) is 0. The quantitative estimate of drug-likeness (QED) is 0.225. The normalized spacial score (nSPS) is 3.60. The van der Waals surface area contributed by atoms with Crippen LogP contribution in [0.1, 0.15) is 0 Å². The second-order valence-corrected chi connectivity index (χ2v) is 0.909. The maximum atomic E-state index is 4.76. The van der Waals surface area contributed by atoms with Crippen molar-refractivity contribution in [1.29, 1.82) is 0 Å². The number of hydrogen-bond donors (Lipinski definition) is 0. The van der Waals surface area contributed by atoms with Crippen molar-refractivity contribution in [2.75, 3.05) is 5.34 Å². The Bertz CT molecular complexity index is 9.61. The second-order valence-electron chi connectivity index (χ2n) is 0.101. The zero-order valence-corrected chi connectivity index (χ0v) is 8.51. The van der Waals surface area contributed by atoms with Crippen molar-refractivity contribution in [3.8, 4) is 0 Å². The molecule has 0 aliphatic heterocycles.